The van der Waals surface area contributed by atoms with Gasteiger partial charge in [-0.25, -0.2) is 4.79 Å². The number of benzene rings is 2. The molecule has 4 aliphatic rings. The number of rotatable bonds is 5. The van der Waals surface area contributed by atoms with Gasteiger partial charge < -0.3 is 9.84 Å². The van der Waals surface area contributed by atoms with Crippen molar-refractivity contribution >= 4 is 5.97 Å². The van der Waals surface area contributed by atoms with Crippen molar-refractivity contribution in [3.63, 3.8) is 0 Å². The predicted molar refractivity (Wildman–Crippen MR) is 151 cm³/mol. The smallest absolute Gasteiger partial charge is 0.376 e. The highest BCUT2D eigenvalue weighted by Crippen LogP contribution is 2.61. The van der Waals surface area contributed by atoms with Crippen molar-refractivity contribution in [3.8, 4) is 0 Å². The van der Waals surface area contributed by atoms with Gasteiger partial charge in [0.25, 0.3) is 0 Å². The lowest BCUT2D eigenvalue weighted by atomic mass is 9.48. The monoisotopic (exact) mass is 667 g/mol. The summed E-state index contributed by atoms with van der Waals surface area (Å²) in [6, 6.07) is 18.4. The molecule has 2 unspecified atom stereocenters. The second kappa shape index (κ2) is 11.3. The molecule has 220 valence electrons. The maximum absolute atomic E-state index is 12.8. The van der Waals surface area contributed by atoms with Gasteiger partial charge in [0.05, 0.1) is 12.2 Å². The molecule has 6 heteroatoms. The third-order valence-electron chi connectivity index (χ3n) is 8.66. The van der Waals surface area contributed by atoms with Crippen LogP contribution in [0.25, 0.3) is 0 Å². The van der Waals surface area contributed by atoms with E-state index in [1.54, 1.807) is 0 Å². The van der Waals surface area contributed by atoms with Gasteiger partial charge in [-0.05, 0) is 96.6 Å². The molecule has 0 spiro atoms. The van der Waals surface area contributed by atoms with Crippen LogP contribution in [-0.4, -0.2) is 29.2 Å². The molecule has 2 atom stereocenters. The molecule has 2 aromatic rings. The molecular weight excluding hydrogens is 621 g/mol. The largest absolute Gasteiger partial charge is 0.461 e. The zero-order valence-electron chi connectivity index (χ0n) is 25.1. The van der Waals surface area contributed by atoms with Crippen LogP contribution in [0.3, 0.4) is 0 Å². The number of alkyl halides is 2. The molecule has 6 rings (SSSR count). The van der Waals surface area contributed by atoms with Crippen LogP contribution in [0.2, 0.25) is 0 Å². The Hall–Kier alpha value is -1.54. The maximum Gasteiger partial charge on any atom is 0.376 e. The van der Waals surface area contributed by atoms with Gasteiger partial charge in [-0.2, -0.15) is 8.78 Å². The molecule has 1 N–H and O–H groups in total. The molecule has 0 amide bonds. The van der Waals surface area contributed by atoms with E-state index >= 15 is 0 Å². The van der Waals surface area contributed by atoms with Crippen molar-refractivity contribution in [3.05, 3.63) is 66.8 Å². The van der Waals surface area contributed by atoms with Crippen LogP contribution < -0.4 is 21.2 Å². The standard InChI is InChI=1S/C20H26I.C14H20F2O3/c1-19(2,3)15-7-11-17(12-8-15)21-18-13-9-16(10-14-18)20(4,5)6;1-12(15,16)11(17)19-8-13-3-9-2-10(4-13)6-14(18,5-9)7-13/h7-14H,1-6H3;9-10,18H,2-8H2,1H3/q+1;. The molecule has 2 aromatic carbocycles. The summed E-state index contributed by atoms with van der Waals surface area (Å²) >= 11 is -0.0703. The molecule has 4 aliphatic carbocycles. The molecule has 0 aliphatic heterocycles. The lowest BCUT2D eigenvalue weighted by Crippen LogP contribution is -3.61. The first-order valence-corrected chi connectivity index (χ1v) is 16.7. The van der Waals surface area contributed by atoms with Crippen LogP contribution in [-0.2, 0) is 20.4 Å². The summed E-state index contributed by atoms with van der Waals surface area (Å²) in [6.45, 7) is 14.2. The summed E-state index contributed by atoms with van der Waals surface area (Å²) in [5, 5.41) is 10.5. The Labute approximate surface area is 249 Å². The minimum atomic E-state index is -3.43. The Bertz CT molecular complexity index is 1100. The zero-order chi connectivity index (χ0) is 29.6. The van der Waals surface area contributed by atoms with Gasteiger partial charge in [-0.3, -0.25) is 0 Å². The van der Waals surface area contributed by atoms with Crippen LogP contribution in [0.5, 0.6) is 0 Å². The number of carbonyl (C=O) groups excluding carboxylic acids is 1. The second-order valence-corrected chi connectivity index (χ2v) is 17.8. The highest BCUT2D eigenvalue weighted by Gasteiger charge is 2.57. The second-order valence-electron chi connectivity index (χ2n) is 14.8. The van der Waals surface area contributed by atoms with Crippen molar-refractivity contribution in [1.82, 2.24) is 0 Å². The van der Waals surface area contributed by atoms with E-state index in [0.29, 0.717) is 25.2 Å². The summed E-state index contributed by atoms with van der Waals surface area (Å²) in [6.07, 6.45) is 5.16. The number of hydrogen-bond acceptors (Lipinski definition) is 3. The third-order valence-corrected chi connectivity index (χ3v) is 11.3. The minimum Gasteiger partial charge on any atom is -0.461 e. The van der Waals surface area contributed by atoms with Gasteiger partial charge in [0.15, 0.2) is 7.14 Å². The lowest BCUT2D eigenvalue weighted by molar-refractivity contribution is -0.597. The normalized spacial score (nSPS) is 27.6. The van der Waals surface area contributed by atoms with E-state index in [1.165, 1.54) is 18.3 Å². The van der Waals surface area contributed by atoms with Crippen LogP contribution in [0, 0.1) is 24.4 Å². The molecule has 0 heterocycles. The van der Waals surface area contributed by atoms with Crippen molar-refractivity contribution in [2.24, 2.45) is 17.3 Å². The van der Waals surface area contributed by atoms with Gasteiger partial charge in [0.1, 0.15) is 0 Å². The Balaban J connectivity index is 0.000000186. The number of aliphatic hydroxyl groups is 1. The molecular formula is C34H46F2IO3+. The van der Waals surface area contributed by atoms with Gasteiger partial charge in [-0.1, -0.05) is 65.8 Å². The topological polar surface area (TPSA) is 46.5 Å². The number of ether oxygens (including phenoxy) is 1. The number of halogens is 3. The molecule has 4 fully saturated rings. The summed E-state index contributed by atoms with van der Waals surface area (Å²) in [5.74, 6) is -3.95. The lowest BCUT2D eigenvalue weighted by Gasteiger charge is -2.59. The average molecular weight is 668 g/mol. The molecule has 3 nitrogen and oxygen atoms in total. The summed E-state index contributed by atoms with van der Waals surface area (Å²) < 4.78 is 33.5. The van der Waals surface area contributed by atoms with Gasteiger partial charge in [-0.15, -0.1) is 0 Å². The minimum absolute atomic E-state index is 0.0323. The van der Waals surface area contributed by atoms with E-state index in [0.717, 1.165) is 32.1 Å². The molecule has 40 heavy (non-hydrogen) atoms. The molecule has 4 bridgehead atoms. The SMILES string of the molecule is CC(C)(C)c1ccc([I+]c2ccc(C(C)(C)C)cc2)cc1.CC(F)(F)C(=O)OCC12CC3CC(CC(O)(C3)C1)C2. The summed E-state index contributed by atoms with van der Waals surface area (Å²) in [7, 11) is 0. The van der Waals surface area contributed by atoms with Gasteiger partial charge >= 0.3 is 33.1 Å². The first kappa shape index (κ1) is 31.4. The van der Waals surface area contributed by atoms with E-state index in [-0.39, 0.29) is 44.1 Å². The highest BCUT2D eigenvalue weighted by atomic mass is 127. The summed E-state index contributed by atoms with van der Waals surface area (Å²) in [5.41, 5.74) is 2.40. The Morgan fingerprint density at radius 2 is 1.25 bits per heavy atom. The van der Waals surface area contributed by atoms with Crippen LogP contribution in [0.4, 0.5) is 8.78 Å². The van der Waals surface area contributed by atoms with Crippen molar-refractivity contribution in [2.75, 3.05) is 6.61 Å². The fraction of sp³-hybridized carbons (Fsp3) is 0.618. The fourth-order valence-electron chi connectivity index (χ4n) is 7.07. The quantitative estimate of drug-likeness (QED) is 0.364. The van der Waals surface area contributed by atoms with Crippen LogP contribution in [0.15, 0.2) is 48.5 Å². The molecule has 0 saturated heterocycles. The first-order valence-electron chi connectivity index (χ1n) is 14.5. The Kier molecular flexibility index (Phi) is 8.85. The maximum atomic E-state index is 12.8. The molecule has 4 saturated carbocycles. The highest BCUT2D eigenvalue weighted by molar-refractivity contribution is 5.76. The van der Waals surface area contributed by atoms with E-state index in [2.05, 4.69) is 90.1 Å². The van der Waals surface area contributed by atoms with E-state index < -0.39 is 17.5 Å². The van der Waals surface area contributed by atoms with Gasteiger partial charge in [0, 0.05) is 12.3 Å². The number of hydrogen-bond donors (Lipinski definition) is 1. The fourth-order valence-corrected chi connectivity index (χ4v) is 9.23. The van der Waals surface area contributed by atoms with Gasteiger partial charge in [0.2, 0.25) is 0 Å². The van der Waals surface area contributed by atoms with Crippen molar-refractivity contribution < 1.29 is 44.6 Å². The Morgan fingerprint density at radius 3 is 1.60 bits per heavy atom. The number of esters is 1. The van der Waals surface area contributed by atoms with E-state index in [4.69, 9.17) is 4.74 Å². The first-order chi connectivity index (χ1) is 18.4. The zero-order valence-corrected chi connectivity index (χ0v) is 27.3. The summed E-state index contributed by atoms with van der Waals surface area (Å²) in [4.78, 5) is 11.2. The van der Waals surface area contributed by atoms with Crippen molar-refractivity contribution in [1.29, 1.82) is 0 Å². The number of carbonyl (C=O) groups is 1. The Morgan fingerprint density at radius 1 is 0.825 bits per heavy atom. The van der Waals surface area contributed by atoms with E-state index in [9.17, 15) is 18.7 Å². The van der Waals surface area contributed by atoms with Crippen molar-refractivity contribution in [2.45, 2.75) is 109 Å². The van der Waals surface area contributed by atoms with E-state index in [1.807, 2.05) is 0 Å². The predicted octanol–water partition coefficient (Wildman–Crippen LogP) is 4.93. The third kappa shape index (κ3) is 7.84. The average Bonchev–Trinajstić information content (AvgIpc) is 2.80. The molecule has 0 aromatic heterocycles. The van der Waals surface area contributed by atoms with Crippen LogP contribution >= 0.6 is 0 Å². The molecule has 0 radical (unpaired) electrons. The van der Waals surface area contributed by atoms with Crippen LogP contribution in [0.1, 0.15) is 98.1 Å².